The molecular weight excluding hydrogens is 166 g/mol. The molecule has 1 rings (SSSR count). The molecule has 0 unspecified atom stereocenters. The topological polar surface area (TPSA) is 52.2 Å². The van der Waals surface area contributed by atoms with Crippen LogP contribution in [0.15, 0.2) is 12.4 Å². The summed E-state index contributed by atoms with van der Waals surface area (Å²) in [6, 6.07) is 0.151. The molecule has 13 heavy (non-hydrogen) atoms. The molecule has 1 aromatic heterocycles. The third-order valence-electron chi connectivity index (χ3n) is 2.31. The Kier molecular flexibility index (Phi) is 3.45. The third kappa shape index (κ3) is 2.29. The van der Waals surface area contributed by atoms with Gasteiger partial charge in [-0.15, -0.1) is 0 Å². The molecule has 0 radical (unpaired) electrons. The zero-order valence-corrected chi connectivity index (χ0v) is 8.36. The first-order chi connectivity index (χ1) is 6.16. The molecule has 2 atom stereocenters. The highest BCUT2D eigenvalue weighted by atomic mass is 16.3. The van der Waals surface area contributed by atoms with Gasteiger partial charge >= 0.3 is 0 Å². The maximum absolute atomic E-state index is 9.94. The van der Waals surface area contributed by atoms with E-state index in [1.54, 1.807) is 12.4 Å². The molecule has 4 heteroatoms. The van der Waals surface area contributed by atoms with Crippen LogP contribution >= 0.6 is 0 Å². The molecule has 4 nitrogen and oxygen atoms in total. The van der Waals surface area contributed by atoms with Gasteiger partial charge in [-0.1, -0.05) is 6.92 Å². The maximum Gasteiger partial charge on any atom is 0.0974 e. The monoisotopic (exact) mass is 183 g/mol. The van der Waals surface area contributed by atoms with Crippen molar-refractivity contribution in [3.8, 4) is 0 Å². The molecule has 74 valence electrons. The van der Waals surface area contributed by atoms with E-state index < -0.39 is 6.10 Å². The minimum atomic E-state index is -0.459. The molecule has 0 aliphatic rings. The van der Waals surface area contributed by atoms with Crippen LogP contribution in [0.4, 0.5) is 0 Å². The van der Waals surface area contributed by atoms with Gasteiger partial charge in [-0.05, 0) is 20.5 Å². The number of hydrogen-bond donors (Lipinski definition) is 2. The molecule has 0 saturated heterocycles. The van der Waals surface area contributed by atoms with E-state index in [9.17, 15) is 5.11 Å². The van der Waals surface area contributed by atoms with Crippen LogP contribution in [-0.2, 0) is 0 Å². The van der Waals surface area contributed by atoms with E-state index >= 15 is 0 Å². The van der Waals surface area contributed by atoms with Crippen molar-refractivity contribution in [3.05, 3.63) is 18.0 Å². The lowest BCUT2D eigenvalue weighted by Gasteiger charge is -2.27. The van der Waals surface area contributed by atoms with Crippen molar-refractivity contribution in [3.63, 3.8) is 0 Å². The summed E-state index contributed by atoms with van der Waals surface area (Å²) in [5.74, 6) is 0. The number of aliphatic hydroxyl groups excluding tert-OH is 1. The van der Waals surface area contributed by atoms with Crippen LogP contribution in [-0.4, -0.2) is 40.3 Å². The second-order valence-electron chi connectivity index (χ2n) is 3.42. The highest BCUT2D eigenvalue weighted by Gasteiger charge is 2.21. The summed E-state index contributed by atoms with van der Waals surface area (Å²) in [6.45, 7) is 2.06. The lowest BCUT2D eigenvalue weighted by atomic mass is 10.0. The predicted octanol–water partition coefficient (Wildman–Crippen LogP) is 0.783. The maximum atomic E-state index is 9.94. The van der Waals surface area contributed by atoms with E-state index in [2.05, 4.69) is 17.1 Å². The van der Waals surface area contributed by atoms with Crippen molar-refractivity contribution in [2.45, 2.75) is 25.5 Å². The largest absolute Gasteiger partial charge is 0.387 e. The lowest BCUT2D eigenvalue weighted by molar-refractivity contribution is 0.0735. The molecule has 0 fully saturated rings. The SMILES string of the molecule is CC[C@@H]([C@H](O)c1cn[nH]c1)N(C)C. The van der Waals surface area contributed by atoms with Crippen LogP contribution in [0.3, 0.4) is 0 Å². The minimum absolute atomic E-state index is 0.151. The zero-order chi connectivity index (χ0) is 9.84. The van der Waals surface area contributed by atoms with Crippen LogP contribution in [0, 0.1) is 0 Å². The molecule has 1 aromatic rings. The molecule has 0 aliphatic carbocycles. The van der Waals surface area contributed by atoms with Gasteiger partial charge in [-0.2, -0.15) is 5.10 Å². The third-order valence-corrected chi connectivity index (χ3v) is 2.31. The Bertz CT molecular complexity index is 233. The first-order valence-electron chi connectivity index (χ1n) is 4.50. The quantitative estimate of drug-likeness (QED) is 0.725. The fraction of sp³-hybridized carbons (Fsp3) is 0.667. The summed E-state index contributed by atoms with van der Waals surface area (Å²) in [5, 5.41) is 16.5. The van der Waals surface area contributed by atoms with Crippen LogP contribution < -0.4 is 0 Å². The summed E-state index contributed by atoms with van der Waals surface area (Å²) < 4.78 is 0. The normalized spacial score (nSPS) is 16.1. The van der Waals surface area contributed by atoms with Crippen molar-refractivity contribution in [2.24, 2.45) is 0 Å². The van der Waals surface area contributed by atoms with Gasteiger partial charge in [0.1, 0.15) is 0 Å². The van der Waals surface area contributed by atoms with Gasteiger partial charge in [0.2, 0.25) is 0 Å². The van der Waals surface area contributed by atoms with E-state index in [-0.39, 0.29) is 6.04 Å². The zero-order valence-electron chi connectivity index (χ0n) is 8.36. The van der Waals surface area contributed by atoms with Gasteiger partial charge in [-0.3, -0.25) is 5.10 Å². The summed E-state index contributed by atoms with van der Waals surface area (Å²) in [4.78, 5) is 2.03. The number of aliphatic hydroxyl groups is 1. The number of aromatic nitrogens is 2. The van der Waals surface area contributed by atoms with Crippen molar-refractivity contribution in [1.29, 1.82) is 0 Å². The molecule has 0 amide bonds. The van der Waals surface area contributed by atoms with E-state index in [0.717, 1.165) is 12.0 Å². The highest BCUT2D eigenvalue weighted by molar-refractivity contribution is 5.09. The Balaban J connectivity index is 2.70. The van der Waals surface area contributed by atoms with Gasteiger partial charge in [-0.25, -0.2) is 0 Å². The highest BCUT2D eigenvalue weighted by Crippen LogP contribution is 2.20. The fourth-order valence-electron chi connectivity index (χ4n) is 1.52. The Labute approximate surface area is 78.6 Å². The number of likely N-dealkylation sites (N-methyl/N-ethyl adjacent to an activating group) is 1. The number of hydrogen-bond acceptors (Lipinski definition) is 3. The van der Waals surface area contributed by atoms with Gasteiger partial charge < -0.3 is 10.0 Å². The summed E-state index contributed by atoms with van der Waals surface area (Å²) >= 11 is 0. The Hall–Kier alpha value is -0.870. The first-order valence-corrected chi connectivity index (χ1v) is 4.50. The molecule has 2 N–H and O–H groups in total. The minimum Gasteiger partial charge on any atom is -0.387 e. The van der Waals surface area contributed by atoms with Crippen molar-refractivity contribution < 1.29 is 5.11 Å². The molecule has 0 bridgehead atoms. The number of nitrogens with zero attached hydrogens (tertiary/aromatic N) is 2. The Morgan fingerprint density at radius 1 is 1.62 bits per heavy atom. The van der Waals surface area contributed by atoms with Crippen LogP contribution in [0.1, 0.15) is 25.0 Å². The number of rotatable bonds is 4. The molecule has 0 aliphatic heterocycles. The molecular formula is C9H17N3O. The predicted molar refractivity (Wildman–Crippen MR) is 51.3 cm³/mol. The number of aromatic amines is 1. The van der Waals surface area contributed by atoms with Crippen LogP contribution in [0.2, 0.25) is 0 Å². The summed E-state index contributed by atoms with van der Waals surface area (Å²) in [7, 11) is 3.94. The molecule has 0 spiro atoms. The van der Waals surface area contributed by atoms with E-state index in [0.29, 0.717) is 0 Å². The molecule has 0 aromatic carbocycles. The second-order valence-corrected chi connectivity index (χ2v) is 3.42. The standard InChI is InChI=1S/C9H17N3O/c1-4-8(12(2)3)9(13)7-5-10-11-6-7/h5-6,8-9,13H,4H2,1-3H3,(H,10,11)/t8-,9+/m0/s1. The molecule has 0 saturated carbocycles. The van der Waals surface area contributed by atoms with E-state index in [1.807, 2.05) is 19.0 Å². The van der Waals surface area contributed by atoms with Gasteiger partial charge in [0.15, 0.2) is 0 Å². The van der Waals surface area contributed by atoms with Gasteiger partial charge in [0.05, 0.1) is 12.3 Å². The fourth-order valence-corrected chi connectivity index (χ4v) is 1.52. The van der Waals surface area contributed by atoms with E-state index in [4.69, 9.17) is 0 Å². The second kappa shape index (κ2) is 4.39. The van der Waals surface area contributed by atoms with Gasteiger partial charge in [0.25, 0.3) is 0 Å². The first kappa shape index (κ1) is 10.2. The van der Waals surface area contributed by atoms with Crippen molar-refractivity contribution in [2.75, 3.05) is 14.1 Å². The van der Waals surface area contributed by atoms with Crippen molar-refractivity contribution >= 4 is 0 Å². The summed E-state index contributed by atoms with van der Waals surface area (Å²) in [6.07, 6.45) is 3.85. The Morgan fingerprint density at radius 3 is 2.69 bits per heavy atom. The average Bonchev–Trinajstić information content (AvgIpc) is 2.56. The number of nitrogens with one attached hydrogen (secondary N) is 1. The molecule has 1 heterocycles. The van der Waals surface area contributed by atoms with Crippen molar-refractivity contribution in [1.82, 2.24) is 15.1 Å². The lowest BCUT2D eigenvalue weighted by Crippen LogP contribution is -2.33. The van der Waals surface area contributed by atoms with E-state index in [1.165, 1.54) is 0 Å². The van der Waals surface area contributed by atoms with Crippen LogP contribution in [0.25, 0.3) is 0 Å². The Morgan fingerprint density at radius 2 is 2.31 bits per heavy atom. The summed E-state index contributed by atoms with van der Waals surface area (Å²) in [5.41, 5.74) is 0.848. The average molecular weight is 183 g/mol. The van der Waals surface area contributed by atoms with Crippen LogP contribution in [0.5, 0.6) is 0 Å². The van der Waals surface area contributed by atoms with Gasteiger partial charge in [0, 0.05) is 17.8 Å². The number of H-pyrrole nitrogens is 1. The smallest absolute Gasteiger partial charge is 0.0974 e.